The monoisotopic (exact) mass is 389 g/mol. The van der Waals surface area contributed by atoms with E-state index in [1.807, 2.05) is 24.3 Å². The first-order chi connectivity index (χ1) is 13.8. The third-order valence-electron chi connectivity index (χ3n) is 7.70. The molecule has 3 aromatic rings. The van der Waals surface area contributed by atoms with Crippen LogP contribution in [0, 0.1) is 11.2 Å². The van der Waals surface area contributed by atoms with Crippen LogP contribution < -0.4 is 5.32 Å². The second kappa shape index (κ2) is 5.85. The fourth-order valence-electron chi connectivity index (χ4n) is 5.48. The van der Waals surface area contributed by atoms with E-state index in [1.54, 1.807) is 12.1 Å². The number of nitrogens with one attached hydrogen (secondary N) is 1. The van der Waals surface area contributed by atoms with E-state index in [2.05, 4.69) is 26.1 Å². The van der Waals surface area contributed by atoms with Crippen molar-refractivity contribution in [3.63, 3.8) is 0 Å². The molecule has 1 N–H and O–H groups in total. The van der Waals surface area contributed by atoms with E-state index in [-0.39, 0.29) is 22.6 Å². The number of amides is 1. The first-order valence-electron chi connectivity index (χ1n) is 10.1. The molecule has 1 saturated carbocycles. The molecule has 148 valence electrons. The molecule has 2 atom stereocenters. The van der Waals surface area contributed by atoms with Gasteiger partial charge < -0.3 is 5.32 Å². The van der Waals surface area contributed by atoms with Gasteiger partial charge in [-0.1, -0.05) is 45.0 Å². The largest absolute Gasteiger partial charge is 0.351 e. The molecule has 1 heterocycles. The van der Waals surface area contributed by atoms with Gasteiger partial charge in [-0.25, -0.2) is 14.4 Å². The minimum Gasteiger partial charge on any atom is -0.351 e. The molecule has 0 saturated heterocycles. The Hall–Kier alpha value is -2.82. The highest BCUT2D eigenvalue weighted by Crippen LogP contribution is 2.70. The van der Waals surface area contributed by atoms with Gasteiger partial charge in [0.25, 0.3) is 0 Å². The highest BCUT2D eigenvalue weighted by molar-refractivity contribution is 5.92. The first kappa shape index (κ1) is 18.2. The van der Waals surface area contributed by atoms with Crippen molar-refractivity contribution in [1.82, 2.24) is 15.3 Å². The van der Waals surface area contributed by atoms with Gasteiger partial charge in [0, 0.05) is 12.0 Å². The zero-order valence-electron chi connectivity index (χ0n) is 16.9. The molecule has 5 heteroatoms. The summed E-state index contributed by atoms with van der Waals surface area (Å²) in [5.41, 5.74) is 3.13. The summed E-state index contributed by atoms with van der Waals surface area (Å²) in [6.07, 6.45) is 1.66. The molecule has 0 spiro atoms. The summed E-state index contributed by atoms with van der Waals surface area (Å²) in [4.78, 5) is 23.6. The summed E-state index contributed by atoms with van der Waals surface area (Å²) >= 11 is 0. The van der Waals surface area contributed by atoms with Crippen molar-refractivity contribution in [2.45, 2.75) is 51.0 Å². The second-order valence-corrected chi connectivity index (χ2v) is 9.08. The molecule has 29 heavy (non-hydrogen) atoms. The Labute approximate surface area is 169 Å². The van der Waals surface area contributed by atoms with Crippen molar-refractivity contribution < 1.29 is 9.18 Å². The van der Waals surface area contributed by atoms with E-state index in [0.717, 1.165) is 40.8 Å². The molecular weight excluding hydrogens is 365 g/mol. The van der Waals surface area contributed by atoms with Crippen LogP contribution in [-0.2, 0) is 22.2 Å². The fourth-order valence-corrected chi connectivity index (χ4v) is 5.48. The highest BCUT2D eigenvalue weighted by atomic mass is 19.1. The third-order valence-corrected chi connectivity index (χ3v) is 7.70. The number of benzene rings is 2. The van der Waals surface area contributed by atoms with Crippen LogP contribution in [0.25, 0.3) is 11.0 Å². The summed E-state index contributed by atoms with van der Waals surface area (Å²) in [6.45, 7) is 6.93. The minimum atomic E-state index is -0.714. The Morgan fingerprint density at radius 2 is 1.59 bits per heavy atom. The van der Waals surface area contributed by atoms with E-state index in [1.165, 1.54) is 12.1 Å². The van der Waals surface area contributed by atoms with Crippen molar-refractivity contribution in [2.24, 2.45) is 5.41 Å². The van der Waals surface area contributed by atoms with Crippen LogP contribution in [0.1, 0.15) is 50.6 Å². The number of fused-ring (bicyclic) bond motifs is 6. The second-order valence-electron chi connectivity index (χ2n) is 9.08. The number of para-hydroxylation sites is 2. The molecule has 2 bridgehead atoms. The number of rotatable bonds is 3. The zero-order chi connectivity index (χ0) is 20.4. The van der Waals surface area contributed by atoms with Gasteiger partial charge in [-0.05, 0) is 48.1 Å². The average Bonchev–Trinajstić information content (AvgIpc) is 3.01. The molecule has 4 nitrogen and oxygen atoms in total. The summed E-state index contributed by atoms with van der Waals surface area (Å²) < 4.78 is 13.2. The van der Waals surface area contributed by atoms with Crippen molar-refractivity contribution in [3.05, 3.63) is 71.3 Å². The van der Waals surface area contributed by atoms with Gasteiger partial charge in [-0.2, -0.15) is 0 Å². The van der Waals surface area contributed by atoms with Crippen molar-refractivity contribution in [1.29, 1.82) is 0 Å². The van der Waals surface area contributed by atoms with Crippen LogP contribution in [0.15, 0.2) is 48.5 Å². The van der Waals surface area contributed by atoms with Crippen molar-refractivity contribution in [3.8, 4) is 0 Å². The van der Waals surface area contributed by atoms with E-state index in [9.17, 15) is 9.18 Å². The quantitative estimate of drug-likeness (QED) is 0.722. The van der Waals surface area contributed by atoms with Crippen LogP contribution in [0.4, 0.5) is 4.39 Å². The molecule has 0 radical (unpaired) electrons. The van der Waals surface area contributed by atoms with Gasteiger partial charge in [-0.15, -0.1) is 0 Å². The molecule has 2 aliphatic rings. The molecule has 1 fully saturated rings. The smallest absolute Gasteiger partial charge is 0.233 e. The summed E-state index contributed by atoms with van der Waals surface area (Å²) in [7, 11) is 0. The molecule has 2 aliphatic carbocycles. The predicted octanol–water partition coefficient (Wildman–Crippen LogP) is 4.41. The van der Waals surface area contributed by atoms with Gasteiger partial charge in [0.05, 0.1) is 27.8 Å². The van der Waals surface area contributed by atoms with Crippen LogP contribution in [-0.4, -0.2) is 15.9 Å². The summed E-state index contributed by atoms with van der Waals surface area (Å²) in [6, 6.07) is 14.1. The normalized spacial score (nSPS) is 26.5. The molecule has 1 amide bonds. The number of nitrogens with zero attached hydrogens (tertiary/aromatic N) is 2. The van der Waals surface area contributed by atoms with Gasteiger partial charge in [0.2, 0.25) is 5.91 Å². The maximum absolute atomic E-state index is 13.7. The van der Waals surface area contributed by atoms with Gasteiger partial charge in [0.15, 0.2) is 0 Å². The minimum absolute atomic E-state index is 0.0149. The fraction of sp³-hybridized carbons (Fsp3) is 0.375. The van der Waals surface area contributed by atoms with Gasteiger partial charge >= 0.3 is 0 Å². The van der Waals surface area contributed by atoms with Crippen LogP contribution in [0.5, 0.6) is 0 Å². The Morgan fingerprint density at radius 1 is 0.966 bits per heavy atom. The Kier molecular flexibility index (Phi) is 3.67. The molecule has 0 aliphatic heterocycles. The van der Waals surface area contributed by atoms with E-state index < -0.39 is 5.41 Å². The molecular formula is C24H24FN3O. The van der Waals surface area contributed by atoms with Crippen molar-refractivity contribution in [2.75, 3.05) is 0 Å². The number of hydrogen-bond acceptors (Lipinski definition) is 3. The number of hydrogen-bond donors (Lipinski definition) is 1. The van der Waals surface area contributed by atoms with E-state index in [4.69, 9.17) is 9.97 Å². The maximum atomic E-state index is 13.7. The lowest BCUT2D eigenvalue weighted by Crippen LogP contribution is -2.51. The Morgan fingerprint density at radius 3 is 2.24 bits per heavy atom. The number of carbonyl (C=O) groups excluding carboxylic acids is 1. The SMILES string of the molecule is CC12CCC(C(=O)NCc3ccc(F)cc3)(c3nc4ccccc4nc31)C2(C)C. The lowest BCUT2D eigenvalue weighted by Gasteiger charge is -2.39. The van der Waals surface area contributed by atoms with Crippen LogP contribution >= 0.6 is 0 Å². The number of halogens is 1. The number of carbonyl (C=O) groups is 1. The Bertz CT molecular complexity index is 1140. The Balaban J connectivity index is 1.59. The standard InChI is InChI=1S/C24H24FN3O/c1-22(2)23(3)12-13-24(22,21(29)26-14-15-8-10-16(25)11-9-15)20-19(23)27-17-6-4-5-7-18(17)28-20/h4-11H,12-14H2,1-3H3,(H,26,29). The number of aromatic nitrogens is 2. The van der Waals surface area contributed by atoms with Crippen LogP contribution in [0.2, 0.25) is 0 Å². The first-order valence-corrected chi connectivity index (χ1v) is 10.1. The lowest BCUT2D eigenvalue weighted by molar-refractivity contribution is -0.130. The predicted molar refractivity (Wildman–Crippen MR) is 110 cm³/mol. The van der Waals surface area contributed by atoms with Crippen molar-refractivity contribution >= 4 is 16.9 Å². The zero-order valence-corrected chi connectivity index (χ0v) is 16.9. The lowest BCUT2D eigenvalue weighted by atomic mass is 9.63. The molecule has 2 unspecified atom stereocenters. The summed E-state index contributed by atoms with van der Waals surface area (Å²) in [5, 5.41) is 3.11. The van der Waals surface area contributed by atoms with Gasteiger partial charge in [-0.3, -0.25) is 4.79 Å². The highest BCUT2D eigenvalue weighted by Gasteiger charge is 2.73. The maximum Gasteiger partial charge on any atom is 0.233 e. The van der Waals surface area contributed by atoms with E-state index in [0.29, 0.717) is 6.54 Å². The third kappa shape index (κ3) is 2.21. The van der Waals surface area contributed by atoms with Crippen LogP contribution in [0.3, 0.4) is 0 Å². The molecule has 5 rings (SSSR count). The molecule has 1 aromatic heterocycles. The average molecular weight is 389 g/mol. The topological polar surface area (TPSA) is 54.9 Å². The molecule has 2 aromatic carbocycles. The summed E-state index contributed by atoms with van der Waals surface area (Å²) in [5.74, 6) is -0.294. The van der Waals surface area contributed by atoms with Gasteiger partial charge in [0.1, 0.15) is 5.82 Å². The van der Waals surface area contributed by atoms with E-state index >= 15 is 0 Å².